The van der Waals surface area contributed by atoms with E-state index in [0.29, 0.717) is 29.6 Å². The van der Waals surface area contributed by atoms with Crippen LogP contribution in [-0.2, 0) is 9.59 Å². The SMILES string of the molecule is CC(C)c1ccc([C@H]2C(=C(O)c3ccc(Cl)cc3)C(=O)C(=O)N2CC[NH+](C)C)cc1. The molecule has 5 nitrogen and oxygen atoms in total. The zero-order valence-corrected chi connectivity index (χ0v) is 18.5. The average molecular weight is 428 g/mol. The molecule has 6 heteroatoms. The zero-order chi connectivity index (χ0) is 22.0. The molecule has 158 valence electrons. The molecule has 2 N–H and O–H groups in total. The van der Waals surface area contributed by atoms with Crippen LogP contribution in [0.15, 0.2) is 54.1 Å². The number of nitrogens with one attached hydrogen (secondary N) is 1. The number of hydrogen-bond acceptors (Lipinski definition) is 3. The minimum absolute atomic E-state index is 0.119. The molecular formula is C24H28ClN2O3+. The highest BCUT2D eigenvalue weighted by Gasteiger charge is 2.46. The number of halogens is 1. The number of amides is 1. The molecule has 3 rings (SSSR count). The summed E-state index contributed by atoms with van der Waals surface area (Å²) >= 11 is 5.96. The molecule has 0 radical (unpaired) electrons. The number of likely N-dealkylation sites (tertiary alicyclic amines) is 1. The van der Waals surface area contributed by atoms with E-state index < -0.39 is 17.7 Å². The Morgan fingerprint density at radius 2 is 1.67 bits per heavy atom. The van der Waals surface area contributed by atoms with Gasteiger partial charge in [-0.3, -0.25) is 9.59 Å². The van der Waals surface area contributed by atoms with Gasteiger partial charge < -0.3 is 14.9 Å². The van der Waals surface area contributed by atoms with Gasteiger partial charge in [0.1, 0.15) is 5.76 Å². The number of ketones is 1. The molecule has 2 aromatic rings. The first kappa shape index (κ1) is 22.1. The van der Waals surface area contributed by atoms with Crippen LogP contribution >= 0.6 is 11.6 Å². The molecule has 0 aliphatic carbocycles. The van der Waals surface area contributed by atoms with Gasteiger partial charge in [0.2, 0.25) is 0 Å². The normalized spacial score (nSPS) is 18.6. The lowest BCUT2D eigenvalue weighted by molar-refractivity contribution is -0.857. The second-order valence-electron chi connectivity index (χ2n) is 8.28. The Morgan fingerprint density at radius 3 is 2.20 bits per heavy atom. The van der Waals surface area contributed by atoms with Crippen molar-refractivity contribution in [2.24, 2.45) is 0 Å². The quantitative estimate of drug-likeness (QED) is 0.423. The summed E-state index contributed by atoms with van der Waals surface area (Å²) in [7, 11) is 3.99. The van der Waals surface area contributed by atoms with E-state index in [1.165, 1.54) is 10.5 Å². The summed E-state index contributed by atoms with van der Waals surface area (Å²) in [5.74, 6) is -1.04. The van der Waals surface area contributed by atoms with Crippen LogP contribution in [0, 0.1) is 0 Å². The minimum atomic E-state index is -0.658. The van der Waals surface area contributed by atoms with Crippen LogP contribution in [0.25, 0.3) is 5.76 Å². The predicted octanol–water partition coefficient (Wildman–Crippen LogP) is 3.03. The molecule has 1 saturated heterocycles. The summed E-state index contributed by atoms with van der Waals surface area (Å²) in [4.78, 5) is 28.6. The van der Waals surface area contributed by atoms with Gasteiger partial charge in [0.05, 0.1) is 38.8 Å². The third kappa shape index (κ3) is 4.42. The van der Waals surface area contributed by atoms with Crippen molar-refractivity contribution >= 4 is 29.1 Å². The Kier molecular flexibility index (Phi) is 6.64. The molecule has 1 heterocycles. The third-order valence-electron chi connectivity index (χ3n) is 5.43. The maximum atomic E-state index is 13.0. The molecule has 1 atom stereocenters. The molecule has 1 aliphatic rings. The van der Waals surface area contributed by atoms with E-state index in [1.807, 2.05) is 38.4 Å². The van der Waals surface area contributed by atoms with Crippen molar-refractivity contribution in [1.29, 1.82) is 0 Å². The van der Waals surface area contributed by atoms with Gasteiger partial charge >= 0.3 is 0 Å². The second kappa shape index (κ2) is 9.02. The van der Waals surface area contributed by atoms with E-state index in [1.54, 1.807) is 29.2 Å². The van der Waals surface area contributed by atoms with E-state index in [4.69, 9.17) is 11.6 Å². The standard InChI is InChI=1S/C24H27ClN2O3/c1-15(2)16-5-7-17(8-6-16)21-20(22(28)18-9-11-19(25)12-10-18)23(29)24(30)27(21)14-13-26(3)4/h5-12,15,21,28H,13-14H2,1-4H3/p+1/t21-/m0/s1. The molecule has 0 bridgehead atoms. The average Bonchev–Trinajstić information content (AvgIpc) is 2.97. The number of likely N-dealkylation sites (N-methyl/N-ethyl adjacent to an activating group) is 1. The maximum absolute atomic E-state index is 13.0. The summed E-state index contributed by atoms with van der Waals surface area (Å²) in [5.41, 5.74) is 2.56. The number of carbonyl (C=O) groups excluding carboxylic acids is 2. The van der Waals surface area contributed by atoms with Gasteiger partial charge in [-0.05, 0) is 41.3 Å². The first-order chi connectivity index (χ1) is 14.2. The van der Waals surface area contributed by atoms with E-state index in [9.17, 15) is 14.7 Å². The van der Waals surface area contributed by atoms with Crippen molar-refractivity contribution in [3.63, 3.8) is 0 Å². The summed E-state index contributed by atoms with van der Waals surface area (Å²) < 4.78 is 0. The van der Waals surface area contributed by atoms with Crippen LogP contribution in [0.5, 0.6) is 0 Å². The van der Waals surface area contributed by atoms with Gasteiger partial charge in [-0.25, -0.2) is 0 Å². The number of carbonyl (C=O) groups is 2. The molecule has 30 heavy (non-hydrogen) atoms. The third-order valence-corrected chi connectivity index (χ3v) is 5.68. The lowest BCUT2D eigenvalue weighted by Gasteiger charge is -2.26. The van der Waals surface area contributed by atoms with Crippen molar-refractivity contribution in [2.75, 3.05) is 27.2 Å². The zero-order valence-electron chi connectivity index (χ0n) is 17.8. The fourth-order valence-corrected chi connectivity index (χ4v) is 3.75. The molecule has 1 fully saturated rings. The summed E-state index contributed by atoms with van der Waals surface area (Å²) in [6.07, 6.45) is 0. The van der Waals surface area contributed by atoms with Crippen LogP contribution in [0.4, 0.5) is 0 Å². The number of hydrogen-bond donors (Lipinski definition) is 2. The van der Waals surface area contributed by atoms with Gasteiger partial charge in [-0.1, -0.05) is 49.7 Å². The van der Waals surface area contributed by atoms with E-state index in [0.717, 1.165) is 5.56 Å². The lowest BCUT2D eigenvalue weighted by atomic mass is 9.93. The van der Waals surface area contributed by atoms with Crippen LogP contribution in [0.1, 0.15) is 42.5 Å². The highest BCUT2D eigenvalue weighted by molar-refractivity contribution is 6.46. The first-order valence-corrected chi connectivity index (χ1v) is 10.5. The largest absolute Gasteiger partial charge is 0.507 e. The number of aliphatic hydroxyl groups is 1. The number of Topliss-reactive ketones (excluding diaryl/α,β-unsaturated/α-hetero) is 1. The van der Waals surface area contributed by atoms with Crippen LogP contribution in [-0.4, -0.2) is 48.9 Å². The smallest absolute Gasteiger partial charge is 0.295 e. The molecular weight excluding hydrogens is 400 g/mol. The fourth-order valence-electron chi connectivity index (χ4n) is 3.63. The number of benzene rings is 2. The Bertz CT molecular complexity index is 963. The van der Waals surface area contributed by atoms with E-state index in [-0.39, 0.29) is 11.3 Å². The van der Waals surface area contributed by atoms with Crippen LogP contribution in [0.3, 0.4) is 0 Å². The van der Waals surface area contributed by atoms with Gasteiger partial charge in [0.25, 0.3) is 11.7 Å². The van der Waals surface area contributed by atoms with Crippen LogP contribution < -0.4 is 4.90 Å². The number of nitrogens with zero attached hydrogens (tertiary/aromatic N) is 1. The summed E-state index contributed by atoms with van der Waals surface area (Å²) in [5, 5.41) is 11.5. The number of quaternary nitrogens is 1. The van der Waals surface area contributed by atoms with Crippen molar-refractivity contribution in [1.82, 2.24) is 4.90 Å². The van der Waals surface area contributed by atoms with Crippen LogP contribution in [0.2, 0.25) is 5.02 Å². The molecule has 0 aromatic heterocycles. The maximum Gasteiger partial charge on any atom is 0.295 e. The van der Waals surface area contributed by atoms with Gasteiger partial charge in [0, 0.05) is 10.6 Å². The molecule has 0 spiro atoms. The molecule has 0 saturated carbocycles. The van der Waals surface area contributed by atoms with Gasteiger partial charge in [-0.2, -0.15) is 0 Å². The highest BCUT2D eigenvalue weighted by Crippen LogP contribution is 2.39. The fraction of sp³-hybridized carbons (Fsp3) is 0.333. The second-order valence-corrected chi connectivity index (χ2v) is 8.71. The Balaban J connectivity index is 2.12. The molecule has 2 aromatic carbocycles. The topological polar surface area (TPSA) is 62.0 Å². The highest BCUT2D eigenvalue weighted by atomic mass is 35.5. The summed E-state index contributed by atoms with van der Waals surface area (Å²) in [6, 6.07) is 13.9. The van der Waals surface area contributed by atoms with Crippen molar-refractivity contribution in [3.05, 3.63) is 75.8 Å². The van der Waals surface area contributed by atoms with E-state index >= 15 is 0 Å². The lowest BCUT2D eigenvalue weighted by Crippen LogP contribution is -3.06. The monoisotopic (exact) mass is 427 g/mol. The van der Waals surface area contributed by atoms with Gasteiger partial charge in [-0.15, -0.1) is 0 Å². The number of rotatable bonds is 6. The van der Waals surface area contributed by atoms with Crippen molar-refractivity contribution in [2.45, 2.75) is 25.8 Å². The number of aliphatic hydroxyl groups excluding tert-OH is 1. The van der Waals surface area contributed by atoms with Crippen molar-refractivity contribution < 1.29 is 19.6 Å². The predicted molar refractivity (Wildman–Crippen MR) is 119 cm³/mol. The minimum Gasteiger partial charge on any atom is -0.507 e. The molecule has 1 amide bonds. The Hall–Kier alpha value is -2.63. The Morgan fingerprint density at radius 1 is 1.07 bits per heavy atom. The molecule has 0 unspecified atom stereocenters. The Labute approximate surface area is 182 Å². The summed E-state index contributed by atoms with van der Waals surface area (Å²) in [6.45, 7) is 5.33. The first-order valence-electron chi connectivity index (χ1n) is 10.1. The molecule has 1 aliphatic heterocycles. The van der Waals surface area contributed by atoms with Crippen molar-refractivity contribution in [3.8, 4) is 0 Å². The van der Waals surface area contributed by atoms with E-state index in [2.05, 4.69) is 13.8 Å². The van der Waals surface area contributed by atoms with Gasteiger partial charge in [0.15, 0.2) is 0 Å².